The molecule has 0 spiro atoms. The molecule has 19 heavy (non-hydrogen) atoms. The maximum absolute atomic E-state index is 11.6. The average Bonchev–Trinajstić information content (AvgIpc) is 2.36. The number of hydrogen-bond acceptors (Lipinski definition) is 3. The van der Waals surface area contributed by atoms with Crippen LogP contribution in [0.1, 0.15) is 38.2 Å². The number of benzene rings is 1. The summed E-state index contributed by atoms with van der Waals surface area (Å²) >= 11 is 0. The van der Waals surface area contributed by atoms with Gasteiger partial charge < -0.3 is 15.8 Å². The van der Waals surface area contributed by atoms with Gasteiger partial charge in [-0.25, -0.2) is 0 Å². The smallest absolute Gasteiger partial charge is 0.224 e. The van der Waals surface area contributed by atoms with Crippen LogP contribution in [0.5, 0.6) is 0 Å². The van der Waals surface area contributed by atoms with E-state index >= 15 is 0 Å². The van der Waals surface area contributed by atoms with Gasteiger partial charge in [0, 0.05) is 18.7 Å². The Bertz CT molecular complexity index is 413. The van der Waals surface area contributed by atoms with Gasteiger partial charge in [-0.1, -0.05) is 18.6 Å². The van der Waals surface area contributed by atoms with Gasteiger partial charge >= 0.3 is 0 Å². The summed E-state index contributed by atoms with van der Waals surface area (Å²) in [5.74, 6) is 0.253. The fourth-order valence-corrected chi connectivity index (χ4v) is 1.79. The van der Waals surface area contributed by atoms with Crippen molar-refractivity contribution in [2.75, 3.05) is 12.3 Å². The number of nitrogen functional groups attached to an aromatic ring is 1. The van der Waals surface area contributed by atoms with Gasteiger partial charge in [0.2, 0.25) is 5.91 Å². The van der Waals surface area contributed by atoms with Crippen molar-refractivity contribution < 1.29 is 9.59 Å². The van der Waals surface area contributed by atoms with Crippen LogP contribution in [0.15, 0.2) is 24.3 Å². The van der Waals surface area contributed by atoms with Crippen molar-refractivity contribution in [1.82, 2.24) is 5.32 Å². The van der Waals surface area contributed by atoms with Gasteiger partial charge in [0.1, 0.15) is 5.78 Å². The predicted octanol–water partition coefficient (Wildman–Crippen LogP) is 2.08. The van der Waals surface area contributed by atoms with Crippen LogP contribution in [0.25, 0.3) is 0 Å². The van der Waals surface area contributed by atoms with E-state index < -0.39 is 0 Å². The van der Waals surface area contributed by atoms with Crippen molar-refractivity contribution >= 4 is 17.4 Å². The molecule has 104 valence electrons. The third kappa shape index (κ3) is 7.24. The molecule has 1 rings (SSSR count). The van der Waals surface area contributed by atoms with Crippen LogP contribution >= 0.6 is 0 Å². The van der Waals surface area contributed by atoms with Gasteiger partial charge in [0.25, 0.3) is 0 Å². The minimum atomic E-state index is 0.0244. The number of nitrogens with two attached hydrogens (primary N) is 1. The zero-order chi connectivity index (χ0) is 14.1. The van der Waals surface area contributed by atoms with Crippen molar-refractivity contribution in [2.45, 2.75) is 39.0 Å². The Kier molecular flexibility index (Phi) is 6.64. The lowest BCUT2D eigenvalue weighted by molar-refractivity contribution is -0.120. The van der Waals surface area contributed by atoms with E-state index in [2.05, 4.69) is 5.32 Å². The van der Waals surface area contributed by atoms with Gasteiger partial charge in [-0.15, -0.1) is 0 Å². The summed E-state index contributed by atoms with van der Waals surface area (Å²) in [6.45, 7) is 2.28. The number of rotatable bonds is 8. The fraction of sp³-hybridized carbons (Fsp3) is 0.467. The minimum absolute atomic E-state index is 0.0244. The van der Waals surface area contributed by atoms with E-state index in [-0.39, 0.29) is 11.7 Å². The molecule has 1 amide bonds. The maximum Gasteiger partial charge on any atom is 0.224 e. The molecule has 4 nitrogen and oxygen atoms in total. The number of anilines is 1. The van der Waals surface area contributed by atoms with Crippen molar-refractivity contribution in [2.24, 2.45) is 0 Å². The van der Waals surface area contributed by atoms with Crippen LogP contribution in [-0.4, -0.2) is 18.2 Å². The molecule has 4 heteroatoms. The van der Waals surface area contributed by atoms with Crippen LogP contribution in [0.4, 0.5) is 5.69 Å². The third-order valence-electron chi connectivity index (χ3n) is 2.87. The van der Waals surface area contributed by atoms with Gasteiger partial charge in [0.15, 0.2) is 0 Å². The molecule has 0 bridgehead atoms. The number of carbonyl (C=O) groups excluding carboxylic acids is 2. The Morgan fingerprint density at radius 3 is 2.42 bits per heavy atom. The van der Waals surface area contributed by atoms with E-state index in [1.807, 2.05) is 12.1 Å². The van der Waals surface area contributed by atoms with Crippen molar-refractivity contribution in [1.29, 1.82) is 0 Å². The molecule has 0 aliphatic carbocycles. The standard InChI is InChI=1S/C15H22N2O2/c1-12(18)5-3-2-4-10-17-15(19)11-13-6-8-14(16)9-7-13/h6-9H,2-5,10-11,16H2,1H3,(H,17,19). The molecule has 0 saturated heterocycles. The summed E-state index contributed by atoms with van der Waals surface area (Å²) in [6.07, 6.45) is 3.82. The molecule has 0 aliphatic heterocycles. The molecule has 0 saturated carbocycles. The lowest BCUT2D eigenvalue weighted by Crippen LogP contribution is -2.26. The Hall–Kier alpha value is -1.84. The summed E-state index contributed by atoms with van der Waals surface area (Å²) in [4.78, 5) is 22.4. The summed E-state index contributed by atoms with van der Waals surface area (Å²) in [5.41, 5.74) is 7.25. The average molecular weight is 262 g/mol. The monoisotopic (exact) mass is 262 g/mol. The lowest BCUT2D eigenvalue weighted by atomic mass is 10.1. The molecular weight excluding hydrogens is 240 g/mol. The van der Waals surface area contributed by atoms with Gasteiger partial charge in [0.05, 0.1) is 6.42 Å². The second kappa shape index (κ2) is 8.29. The van der Waals surface area contributed by atoms with E-state index in [0.717, 1.165) is 24.8 Å². The molecule has 0 aliphatic rings. The molecule has 0 radical (unpaired) electrons. The summed E-state index contributed by atoms with van der Waals surface area (Å²) in [7, 11) is 0. The van der Waals surface area contributed by atoms with Gasteiger partial charge in [-0.05, 0) is 37.5 Å². The zero-order valence-electron chi connectivity index (χ0n) is 11.4. The molecule has 3 N–H and O–H groups in total. The second-order valence-electron chi connectivity index (χ2n) is 4.78. The number of carbonyl (C=O) groups is 2. The molecule has 0 aromatic heterocycles. The largest absolute Gasteiger partial charge is 0.399 e. The number of hydrogen-bond donors (Lipinski definition) is 2. The highest BCUT2D eigenvalue weighted by atomic mass is 16.1. The first-order chi connectivity index (χ1) is 9.08. The van der Waals surface area contributed by atoms with E-state index in [1.165, 1.54) is 0 Å². The number of amides is 1. The normalized spacial score (nSPS) is 10.2. The Morgan fingerprint density at radius 2 is 1.79 bits per heavy atom. The zero-order valence-corrected chi connectivity index (χ0v) is 11.4. The van der Waals surface area contributed by atoms with E-state index in [1.54, 1.807) is 19.1 Å². The highest BCUT2D eigenvalue weighted by Crippen LogP contribution is 2.06. The van der Waals surface area contributed by atoms with Crippen molar-refractivity contribution in [3.8, 4) is 0 Å². The van der Waals surface area contributed by atoms with Crippen LogP contribution in [0.2, 0.25) is 0 Å². The van der Waals surface area contributed by atoms with E-state index in [4.69, 9.17) is 5.73 Å². The molecule has 0 fully saturated rings. The first-order valence-electron chi connectivity index (χ1n) is 6.68. The SMILES string of the molecule is CC(=O)CCCCCNC(=O)Cc1ccc(N)cc1. The molecular formula is C15H22N2O2. The predicted molar refractivity (Wildman–Crippen MR) is 76.7 cm³/mol. The Morgan fingerprint density at radius 1 is 1.11 bits per heavy atom. The van der Waals surface area contributed by atoms with E-state index in [0.29, 0.717) is 25.1 Å². The number of ketones is 1. The topological polar surface area (TPSA) is 72.2 Å². The highest BCUT2D eigenvalue weighted by Gasteiger charge is 2.02. The van der Waals surface area contributed by atoms with Crippen LogP contribution in [0.3, 0.4) is 0 Å². The fourth-order valence-electron chi connectivity index (χ4n) is 1.79. The van der Waals surface area contributed by atoms with E-state index in [9.17, 15) is 9.59 Å². The number of Topliss-reactive ketones (excluding diaryl/α,β-unsaturated/α-hetero) is 1. The lowest BCUT2D eigenvalue weighted by Gasteiger charge is -2.05. The van der Waals surface area contributed by atoms with Gasteiger partial charge in [-0.2, -0.15) is 0 Å². The van der Waals surface area contributed by atoms with Crippen molar-refractivity contribution in [3.05, 3.63) is 29.8 Å². The molecule has 0 heterocycles. The van der Waals surface area contributed by atoms with Crippen molar-refractivity contribution in [3.63, 3.8) is 0 Å². The maximum atomic E-state index is 11.6. The van der Waals surface area contributed by atoms with Crippen LogP contribution in [-0.2, 0) is 16.0 Å². The minimum Gasteiger partial charge on any atom is -0.399 e. The molecule has 1 aromatic carbocycles. The Labute approximate surface area is 114 Å². The second-order valence-corrected chi connectivity index (χ2v) is 4.78. The highest BCUT2D eigenvalue weighted by molar-refractivity contribution is 5.78. The first-order valence-corrected chi connectivity index (χ1v) is 6.68. The van der Waals surface area contributed by atoms with Crippen LogP contribution in [0, 0.1) is 0 Å². The van der Waals surface area contributed by atoms with Gasteiger partial charge in [-0.3, -0.25) is 4.79 Å². The molecule has 0 unspecified atom stereocenters. The molecule has 0 atom stereocenters. The Balaban J connectivity index is 2.11. The summed E-state index contributed by atoms with van der Waals surface area (Å²) in [5, 5.41) is 2.88. The summed E-state index contributed by atoms with van der Waals surface area (Å²) in [6, 6.07) is 7.32. The number of nitrogens with one attached hydrogen (secondary N) is 1. The quantitative estimate of drug-likeness (QED) is 0.556. The first kappa shape index (κ1) is 15.2. The van der Waals surface area contributed by atoms with Crippen LogP contribution < -0.4 is 11.1 Å². The number of unbranched alkanes of at least 4 members (excludes halogenated alkanes) is 2. The summed E-state index contributed by atoms with van der Waals surface area (Å²) < 4.78 is 0. The third-order valence-corrected chi connectivity index (χ3v) is 2.87. The molecule has 1 aromatic rings.